The van der Waals surface area contributed by atoms with Gasteiger partial charge in [0.15, 0.2) is 0 Å². The summed E-state index contributed by atoms with van der Waals surface area (Å²) in [5.74, 6) is 0.597. The fourth-order valence-electron chi connectivity index (χ4n) is 2.95. The average molecular weight is 272 g/mol. The number of nitrogens with one attached hydrogen (secondary N) is 1. The highest BCUT2D eigenvalue weighted by Crippen LogP contribution is 2.23. The fraction of sp³-hybridized carbons (Fsp3) is 0.533. The number of fused-ring (bicyclic) bond motifs is 1. The molecule has 0 saturated heterocycles. The molecule has 1 amide bonds. The Kier molecular flexibility index (Phi) is 3.67. The molecule has 2 aromatic rings. The molecule has 20 heavy (non-hydrogen) atoms. The van der Waals surface area contributed by atoms with E-state index in [1.165, 1.54) is 19.3 Å². The predicted molar refractivity (Wildman–Crippen MR) is 77.1 cm³/mol. The van der Waals surface area contributed by atoms with Crippen LogP contribution in [0.25, 0.3) is 11.0 Å². The molecule has 3 rings (SSSR count). The van der Waals surface area contributed by atoms with Crippen LogP contribution in [0.15, 0.2) is 24.3 Å². The van der Waals surface area contributed by atoms with Crippen LogP contribution < -0.4 is 5.32 Å². The number of aromatic nitrogens is 3. The van der Waals surface area contributed by atoms with Gasteiger partial charge in [-0.2, -0.15) is 0 Å². The summed E-state index contributed by atoms with van der Waals surface area (Å²) < 4.78 is 1.66. The second-order valence-electron chi connectivity index (χ2n) is 5.67. The maximum Gasteiger partial charge on any atom is 0.242 e. The minimum Gasteiger partial charge on any atom is -0.351 e. The number of para-hydroxylation sites is 1. The maximum atomic E-state index is 12.2. The molecule has 5 nitrogen and oxygen atoms in total. The summed E-state index contributed by atoms with van der Waals surface area (Å²) in [6.07, 6.45) is 4.78. The quantitative estimate of drug-likeness (QED) is 0.931. The molecule has 1 aliphatic carbocycles. The van der Waals surface area contributed by atoms with E-state index in [2.05, 4.69) is 22.6 Å². The molecule has 1 heterocycles. The van der Waals surface area contributed by atoms with Crippen LogP contribution in [0, 0.1) is 5.92 Å². The lowest BCUT2D eigenvalue weighted by molar-refractivity contribution is -0.123. The third-order valence-corrected chi connectivity index (χ3v) is 4.17. The second-order valence-corrected chi connectivity index (χ2v) is 5.67. The summed E-state index contributed by atoms with van der Waals surface area (Å²) in [7, 11) is 0. The van der Waals surface area contributed by atoms with Crippen LogP contribution in [0.4, 0.5) is 0 Å². The summed E-state index contributed by atoms with van der Waals surface area (Å²) >= 11 is 0. The average Bonchev–Trinajstić information content (AvgIpc) is 2.85. The summed E-state index contributed by atoms with van der Waals surface area (Å²) in [6.45, 7) is 2.46. The van der Waals surface area contributed by atoms with Gasteiger partial charge in [-0.15, -0.1) is 5.10 Å². The number of benzene rings is 1. The van der Waals surface area contributed by atoms with Crippen molar-refractivity contribution in [2.24, 2.45) is 5.92 Å². The van der Waals surface area contributed by atoms with Crippen molar-refractivity contribution >= 4 is 16.9 Å². The molecule has 1 saturated carbocycles. The highest BCUT2D eigenvalue weighted by molar-refractivity contribution is 5.79. The van der Waals surface area contributed by atoms with Crippen molar-refractivity contribution in [2.45, 2.75) is 45.2 Å². The van der Waals surface area contributed by atoms with E-state index in [1.807, 2.05) is 24.3 Å². The van der Waals surface area contributed by atoms with Gasteiger partial charge in [-0.05, 0) is 30.9 Å². The molecule has 1 fully saturated rings. The van der Waals surface area contributed by atoms with Crippen LogP contribution in [-0.2, 0) is 11.3 Å². The van der Waals surface area contributed by atoms with Crippen molar-refractivity contribution in [3.8, 4) is 0 Å². The number of rotatable bonds is 3. The van der Waals surface area contributed by atoms with Gasteiger partial charge in [0.05, 0.1) is 5.52 Å². The fourth-order valence-corrected chi connectivity index (χ4v) is 2.95. The van der Waals surface area contributed by atoms with Crippen LogP contribution in [0.1, 0.15) is 32.6 Å². The molecule has 2 atom stereocenters. The molecule has 0 spiro atoms. The van der Waals surface area contributed by atoms with Crippen molar-refractivity contribution in [1.29, 1.82) is 0 Å². The topological polar surface area (TPSA) is 59.8 Å². The van der Waals surface area contributed by atoms with Gasteiger partial charge in [0, 0.05) is 6.04 Å². The first-order valence-corrected chi connectivity index (χ1v) is 7.31. The van der Waals surface area contributed by atoms with Crippen molar-refractivity contribution < 1.29 is 4.79 Å². The number of hydrogen-bond acceptors (Lipinski definition) is 3. The lowest BCUT2D eigenvalue weighted by Crippen LogP contribution is -2.42. The second kappa shape index (κ2) is 5.61. The lowest BCUT2D eigenvalue weighted by Gasteiger charge is -2.29. The highest BCUT2D eigenvalue weighted by Gasteiger charge is 2.23. The van der Waals surface area contributed by atoms with Gasteiger partial charge < -0.3 is 5.32 Å². The molecule has 5 heteroatoms. The molecule has 106 valence electrons. The Bertz CT molecular complexity index is 607. The zero-order valence-corrected chi connectivity index (χ0v) is 11.7. The molecule has 1 aliphatic rings. The van der Waals surface area contributed by atoms with Crippen LogP contribution in [-0.4, -0.2) is 26.9 Å². The monoisotopic (exact) mass is 272 g/mol. The molecular weight excluding hydrogens is 252 g/mol. The molecule has 0 unspecified atom stereocenters. The van der Waals surface area contributed by atoms with E-state index in [4.69, 9.17) is 0 Å². The van der Waals surface area contributed by atoms with Gasteiger partial charge in [-0.25, -0.2) is 4.68 Å². The van der Waals surface area contributed by atoms with Crippen LogP contribution >= 0.6 is 0 Å². The molecular formula is C15H20N4O. The Hall–Kier alpha value is -1.91. The normalized spacial score (nSPS) is 22.9. The van der Waals surface area contributed by atoms with E-state index >= 15 is 0 Å². The minimum atomic E-state index is 0.0272. The summed E-state index contributed by atoms with van der Waals surface area (Å²) in [6, 6.07) is 8.01. The van der Waals surface area contributed by atoms with Crippen molar-refractivity contribution in [3.05, 3.63) is 24.3 Å². The first-order chi connectivity index (χ1) is 9.74. The summed E-state index contributed by atoms with van der Waals surface area (Å²) in [5.41, 5.74) is 1.73. The van der Waals surface area contributed by atoms with Gasteiger partial charge >= 0.3 is 0 Å². The standard InChI is InChI=1S/C15H20N4O/c1-11-6-2-3-7-12(11)16-15(20)10-19-14-9-5-4-8-13(14)17-18-19/h4-5,8-9,11-12H,2-3,6-7,10H2,1H3,(H,16,20)/t11-,12-/m0/s1. The summed E-state index contributed by atoms with van der Waals surface area (Å²) in [5, 5.41) is 11.3. The third kappa shape index (κ3) is 2.66. The van der Waals surface area contributed by atoms with Crippen molar-refractivity contribution in [1.82, 2.24) is 20.3 Å². The van der Waals surface area contributed by atoms with E-state index in [0.29, 0.717) is 12.0 Å². The number of carbonyl (C=O) groups excluding carboxylic acids is 1. The lowest BCUT2D eigenvalue weighted by atomic mass is 9.86. The largest absolute Gasteiger partial charge is 0.351 e. The van der Waals surface area contributed by atoms with Crippen molar-refractivity contribution in [2.75, 3.05) is 0 Å². The Labute approximate surface area is 118 Å². The van der Waals surface area contributed by atoms with E-state index < -0.39 is 0 Å². The van der Waals surface area contributed by atoms with Gasteiger partial charge in [0.25, 0.3) is 0 Å². The van der Waals surface area contributed by atoms with Crippen molar-refractivity contribution in [3.63, 3.8) is 0 Å². The zero-order valence-electron chi connectivity index (χ0n) is 11.7. The van der Waals surface area contributed by atoms with Crippen LogP contribution in [0.2, 0.25) is 0 Å². The van der Waals surface area contributed by atoms with Crippen LogP contribution in [0.3, 0.4) is 0 Å². The van der Waals surface area contributed by atoms with Gasteiger partial charge in [0.2, 0.25) is 5.91 Å². The first-order valence-electron chi connectivity index (χ1n) is 7.31. The summed E-state index contributed by atoms with van der Waals surface area (Å²) in [4.78, 5) is 12.2. The smallest absolute Gasteiger partial charge is 0.242 e. The number of hydrogen-bond donors (Lipinski definition) is 1. The Morgan fingerprint density at radius 2 is 2.15 bits per heavy atom. The van der Waals surface area contributed by atoms with E-state index in [9.17, 15) is 4.79 Å². The Balaban J connectivity index is 1.66. The van der Waals surface area contributed by atoms with E-state index in [0.717, 1.165) is 17.5 Å². The SMILES string of the molecule is C[C@H]1CCCC[C@@H]1NC(=O)Cn1nnc2ccccc21. The Morgan fingerprint density at radius 1 is 1.35 bits per heavy atom. The first kappa shape index (κ1) is 13.1. The Morgan fingerprint density at radius 3 is 3.00 bits per heavy atom. The number of carbonyl (C=O) groups is 1. The number of nitrogens with zero attached hydrogens (tertiary/aromatic N) is 3. The van der Waals surface area contributed by atoms with E-state index in [1.54, 1.807) is 4.68 Å². The molecule has 0 radical (unpaired) electrons. The maximum absolute atomic E-state index is 12.2. The number of amides is 1. The molecule has 1 aromatic carbocycles. The molecule has 0 aliphatic heterocycles. The van der Waals surface area contributed by atoms with Crippen LogP contribution in [0.5, 0.6) is 0 Å². The minimum absolute atomic E-state index is 0.0272. The van der Waals surface area contributed by atoms with Gasteiger partial charge in [0.1, 0.15) is 12.1 Å². The van der Waals surface area contributed by atoms with Gasteiger partial charge in [-0.1, -0.05) is 37.1 Å². The molecule has 1 N–H and O–H groups in total. The predicted octanol–water partition coefficient (Wildman–Crippen LogP) is 2.13. The molecule has 1 aromatic heterocycles. The van der Waals surface area contributed by atoms with E-state index in [-0.39, 0.29) is 12.5 Å². The van der Waals surface area contributed by atoms with Gasteiger partial charge in [-0.3, -0.25) is 4.79 Å². The molecule has 0 bridgehead atoms. The zero-order chi connectivity index (χ0) is 13.9. The third-order valence-electron chi connectivity index (χ3n) is 4.17. The highest BCUT2D eigenvalue weighted by atomic mass is 16.2.